The summed E-state index contributed by atoms with van der Waals surface area (Å²) in [4.78, 5) is 20.2. The number of anilines is 2. The molecule has 7 nitrogen and oxygen atoms in total. The van der Waals surface area contributed by atoms with Crippen LogP contribution in [0.2, 0.25) is 0 Å². The number of aromatic nitrogens is 2. The third-order valence-electron chi connectivity index (χ3n) is 6.03. The van der Waals surface area contributed by atoms with E-state index in [0.717, 1.165) is 29.7 Å². The van der Waals surface area contributed by atoms with E-state index in [-0.39, 0.29) is 10.8 Å². The molecule has 0 spiro atoms. The van der Waals surface area contributed by atoms with E-state index in [1.54, 1.807) is 36.4 Å². The van der Waals surface area contributed by atoms with Gasteiger partial charge in [0.25, 0.3) is 15.9 Å². The number of carbonyl (C=O) groups is 1. The zero-order valence-corrected chi connectivity index (χ0v) is 16.7. The summed E-state index contributed by atoms with van der Waals surface area (Å²) in [5.74, 6) is 1.23. The van der Waals surface area contributed by atoms with Crippen LogP contribution in [0.4, 0.5) is 11.4 Å². The normalized spacial score (nSPS) is 16.1. The van der Waals surface area contributed by atoms with Gasteiger partial charge in [-0.2, -0.15) is 0 Å². The average molecular weight is 418 g/mol. The Bertz CT molecular complexity index is 1470. The second kappa shape index (κ2) is 6.06. The monoisotopic (exact) mass is 418 g/mol. The van der Waals surface area contributed by atoms with Crippen molar-refractivity contribution in [3.63, 3.8) is 0 Å². The topological polar surface area (TPSA) is 104 Å². The Morgan fingerprint density at radius 1 is 1.07 bits per heavy atom. The first-order valence-corrected chi connectivity index (χ1v) is 11.4. The van der Waals surface area contributed by atoms with Crippen LogP contribution >= 0.6 is 0 Å². The first-order valence-electron chi connectivity index (χ1n) is 9.89. The molecule has 0 radical (unpaired) electrons. The third-order valence-corrected chi connectivity index (χ3v) is 7.47. The molecule has 1 aliphatic carbocycles. The molecule has 0 bridgehead atoms. The highest BCUT2D eigenvalue weighted by atomic mass is 32.2. The Morgan fingerprint density at radius 2 is 1.93 bits per heavy atom. The van der Waals surface area contributed by atoms with Crippen molar-refractivity contribution in [3.8, 4) is 0 Å². The lowest BCUT2D eigenvalue weighted by atomic mass is 9.85. The average Bonchev–Trinajstić information content (AvgIpc) is 3.22. The lowest BCUT2D eigenvalue weighted by Gasteiger charge is -2.22. The number of rotatable bonds is 4. The number of imidazole rings is 1. The van der Waals surface area contributed by atoms with Crippen molar-refractivity contribution in [2.45, 2.75) is 30.1 Å². The van der Waals surface area contributed by atoms with Gasteiger partial charge in [-0.1, -0.05) is 18.6 Å². The molecule has 0 saturated heterocycles. The second-order valence-corrected chi connectivity index (χ2v) is 9.53. The van der Waals surface area contributed by atoms with E-state index in [0.29, 0.717) is 33.6 Å². The highest BCUT2D eigenvalue weighted by Crippen LogP contribution is 2.38. The number of nitrogens with one attached hydrogen (secondary N) is 3. The maximum atomic E-state index is 13.2. The Kier molecular flexibility index (Phi) is 3.53. The molecule has 1 amide bonds. The number of sulfonamides is 1. The van der Waals surface area contributed by atoms with Gasteiger partial charge in [-0.25, -0.2) is 13.4 Å². The van der Waals surface area contributed by atoms with Crippen LogP contribution in [0.15, 0.2) is 53.4 Å². The van der Waals surface area contributed by atoms with Gasteiger partial charge in [-0.15, -0.1) is 0 Å². The van der Waals surface area contributed by atoms with E-state index in [1.165, 1.54) is 12.5 Å². The van der Waals surface area contributed by atoms with Gasteiger partial charge in [-0.3, -0.25) is 9.52 Å². The molecule has 3 aromatic carbocycles. The molecule has 30 heavy (non-hydrogen) atoms. The standard InChI is InChI=1S/C22H18N4O3S/c27-22-15-6-2-5-14-19(10-9-17(25-22)20(14)15)30(28,29)26-13-7-8-16-18(11-13)24-21(23-16)12-3-1-4-12/h2,5-12,26H,1,3-4H2,(H,23,24)(H,25,27). The third kappa shape index (κ3) is 2.53. The summed E-state index contributed by atoms with van der Waals surface area (Å²) in [6.07, 6.45) is 3.51. The number of H-pyrrole nitrogens is 1. The van der Waals surface area contributed by atoms with E-state index >= 15 is 0 Å². The summed E-state index contributed by atoms with van der Waals surface area (Å²) in [5.41, 5.74) is 3.22. The molecule has 2 heterocycles. The Labute approximate surface area is 172 Å². The largest absolute Gasteiger partial charge is 0.342 e. The van der Waals surface area contributed by atoms with Gasteiger partial charge in [0.2, 0.25) is 0 Å². The first kappa shape index (κ1) is 17.5. The van der Waals surface area contributed by atoms with Crippen molar-refractivity contribution in [2.24, 2.45) is 0 Å². The molecular weight excluding hydrogens is 400 g/mol. The maximum absolute atomic E-state index is 13.2. The Morgan fingerprint density at radius 3 is 2.73 bits per heavy atom. The molecule has 6 rings (SSSR count). The van der Waals surface area contributed by atoms with Crippen molar-refractivity contribution in [2.75, 3.05) is 10.0 Å². The summed E-state index contributed by atoms with van der Waals surface area (Å²) >= 11 is 0. The minimum absolute atomic E-state index is 0.138. The molecule has 1 saturated carbocycles. The quantitative estimate of drug-likeness (QED) is 0.458. The summed E-state index contributed by atoms with van der Waals surface area (Å²) in [5, 5.41) is 3.93. The van der Waals surface area contributed by atoms with Crippen LogP contribution in [0.1, 0.15) is 41.4 Å². The molecule has 1 fully saturated rings. The van der Waals surface area contributed by atoms with Gasteiger partial charge < -0.3 is 10.3 Å². The number of benzene rings is 3. The zero-order valence-electron chi connectivity index (χ0n) is 15.9. The fourth-order valence-electron chi connectivity index (χ4n) is 4.28. The number of amides is 1. The van der Waals surface area contributed by atoms with Crippen LogP contribution in [0, 0.1) is 0 Å². The smallest absolute Gasteiger partial charge is 0.262 e. The van der Waals surface area contributed by atoms with E-state index in [9.17, 15) is 13.2 Å². The molecule has 0 unspecified atom stereocenters. The molecule has 150 valence electrons. The number of fused-ring (bicyclic) bond motifs is 1. The van der Waals surface area contributed by atoms with E-state index in [4.69, 9.17) is 0 Å². The number of hydrogen-bond donors (Lipinski definition) is 3. The van der Waals surface area contributed by atoms with Crippen molar-refractivity contribution < 1.29 is 13.2 Å². The van der Waals surface area contributed by atoms with Gasteiger partial charge in [0, 0.05) is 27.9 Å². The van der Waals surface area contributed by atoms with E-state index in [1.807, 2.05) is 6.07 Å². The summed E-state index contributed by atoms with van der Waals surface area (Å²) < 4.78 is 29.1. The van der Waals surface area contributed by atoms with Crippen molar-refractivity contribution >= 4 is 49.1 Å². The van der Waals surface area contributed by atoms with Crippen molar-refractivity contribution in [1.82, 2.24) is 9.97 Å². The molecule has 3 N–H and O–H groups in total. The Balaban J connectivity index is 1.40. The van der Waals surface area contributed by atoms with Gasteiger partial charge in [0.15, 0.2) is 0 Å². The first-order chi connectivity index (χ1) is 14.5. The minimum atomic E-state index is -3.86. The summed E-state index contributed by atoms with van der Waals surface area (Å²) in [7, 11) is -3.86. The van der Waals surface area contributed by atoms with Gasteiger partial charge in [0.1, 0.15) is 5.82 Å². The van der Waals surface area contributed by atoms with Crippen molar-refractivity contribution in [3.05, 3.63) is 59.9 Å². The van der Waals surface area contributed by atoms with Crippen LogP contribution in [-0.4, -0.2) is 24.3 Å². The van der Waals surface area contributed by atoms with Crippen LogP contribution in [-0.2, 0) is 10.0 Å². The molecular formula is C22H18N4O3S. The second-order valence-electron chi connectivity index (χ2n) is 7.88. The van der Waals surface area contributed by atoms with Crippen molar-refractivity contribution in [1.29, 1.82) is 0 Å². The lowest BCUT2D eigenvalue weighted by Crippen LogP contribution is -2.13. The van der Waals surface area contributed by atoms with Gasteiger partial charge >= 0.3 is 0 Å². The molecule has 2 aliphatic rings. The van der Waals surface area contributed by atoms with Gasteiger partial charge in [-0.05, 0) is 49.2 Å². The molecule has 1 aromatic heterocycles. The molecule has 1 aliphatic heterocycles. The zero-order chi connectivity index (χ0) is 20.5. The maximum Gasteiger partial charge on any atom is 0.262 e. The molecule has 0 atom stereocenters. The van der Waals surface area contributed by atoms with Crippen LogP contribution in [0.25, 0.3) is 21.8 Å². The minimum Gasteiger partial charge on any atom is -0.342 e. The van der Waals surface area contributed by atoms with Gasteiger partial charge in [0.05, 0.1) is 21.6 Å². The van der Waals surface area contributed by atoms with E-state index < -0.39 is 10.0 Å². The fourth-order valence-corrected chi connectivity index (χ4v) is 5.53. The lowest BCUT2D eigenvalue weighted by molar-refractivity contribution is 0.103. The van der Waals surface area contributed by atoms with E-state index in [2.05, 4.69) is 20.0 Å². The Hall–Kier alpha value is -3.39. The van der Waals surface area contributed by atoms with Crippen LogP contribution in [0.5, 0.6) is 0 Å². The number of aromatic amines is 1. The van der Waals surface area contributed by atoms with Crippen LogP contribution in [0.3, 0.4) is 0 Å². The number of hydrogen-bond acceptors (Lipinski definition) is 4. The molecule has 4 aromatic rings. The summed E-state index contributed by atoms with van der Waals surface area (Å²) in [6.45, 7) is 0. The highest BCUT2D eigenvalue weighted by molar-refractivity contribution is 7.93. The highest BCUT2D eigenvalue weighted by Gasteiger charge is 2.27. The SMILES string of the molecule is O=C1Nc2ccc(S(=O)(=O)Nc3ccc4nc(C5CCC5)[nH]c4c3)c3cccc1c23. The summed E-state index contributed by atoms with van der Waals surface area (Å²) in [6, 6.07) is 13.6. The molecule has 8 heteroatoms. The number of carbonyl (C=O) groups excluding carboxylic acids is 1. The number of nitrogens with zero attached hydrogens (tertiary/aromatic N) is 1. The predicted molar refractivity (Wildman–Crippen MR) is 115 cm³/mol. The predicted octanol–water partition coefficient (Wildman–Crippen LogP) is 4.35. The fraction of sp³-hybridized carbons (Fsp3) is 0.182. The van der Waals surface area contributed by atoms with Crippen LogP contribution < -0.4 is 10.0 Å².